The minimum atomic E-state index is -0.753. The zero-order valence-corrected chi connectivity index (χ0v) is 19.5. The highest BCUT2D eigenvalue weighted by atomic mass is 32.1. The topological polar surface area (TPSA) is 76.1 Å². The fourth-order valence-electron chi connectivity index (χ4n) is 3.93. The largest absolute Gasteiger partial charge is 0.503 e. The van der Waals surface area contributed by atoms with Gasteiger partial charge in [0.2, 0.25) is 5.78 Å². The van der Waals surface area contributed by atoms with E-state index in [9.17, 15) is 14.7 Å². The maximum absolute atomic E-state index is 13.3. The Bertz CT molecular complexity index is 1200. The van der Waals surface area contributed by atoms with Gasteiger partial charge in [-0.25, -0.2) is 0 Å². The quantitative estimate of drug-likeness (QED) is 0.458. The Morgan fingerprint density at radius 1 is 1.09 bits per heavy atom. The van der Waals surface area contributed by atoms with E-state index >= 15 is 0 Å². The molecule has 33 heavy (non-hydrogen) atoms. The summed E-state index contributed by atoms with van der Waals surface area (Å²) in [7, 11) is 1.56. The lowest BCUT2D eigenvalue weighted by Crippen LogP contribution is -2.30. The first kappa shape index (κ1) is 22.6. The van der Waals surface area contributed by atoms with E-state index in [0.717, 1.165) is 5.56 Å². The molecule has 1 unspecified atom stereocenters. The standard InChI is InChI=1S/C26H25NO5S/c1-16(2)32-20-10-4-7-17(13-20)15-27-23(18-8-5-9-19(14-18)31-3)22(25(29)26(27)30)24(28)21-11-6-12-33-21/h4-14,16,23,29H,15H2,1-3H3. The van der Waals surface area contributed by atoms with E-state index in [2.05, 4.69) is 0 Å². The fourth-order valence-corrected chi connectivity index (χ4v) is 4.61. The molecule has 0 aliphatic carbocycles. The highest BCUT2D eigenvalue weighted by Gasteiger charge is 2.44. The number of methoxy groups -OCH3 is 1. The third kappa shape index (κ3) is 4.64. The molecule has 0 saturated heterocycles. The van der Waals surface area contributed by atoms with Gasteiger partial charge in [0.05, 0.1) is 29.7 Å². The number of ketones is 1. The maximum Gasteiger partial charge on any atom is 0.290 e. The lowest BCUT2D eigenvalue weighted by atomic mass is 9.95. The van der Waals surface area contributed by atoms with E-state index < -0.39 is 17.7 Å². The van der Waals surface area contributed by atoms with Gasteiger partial charge in [0.25, 0.3) is 5.91 Å². The van der Waals surface area contributed by atoms with Crippen molar-refractivity contribution in [3.63, 3.8) is 0 Å². The molecular formula is C26H25NO5S. The van der Waals surface area contributed by atoms with Crippen LogP contribution in [0.25, 0.3) is 0 Å². The Morgan fingerprint density at radius 2 is 1.85 bits per heavy atom. The van der Waals surface area contributed by atoms with Crippen molar-refractivity contribution in [3.05, 3.63) is 93.4 Å². The number of aliphatic hydroxyl groups is 1. The Morgan fingerprint density at radius 3 is 2.55 bits per heavy atom. The summed E-state index contributed by atoms with van der Waals surface area (Å²) in [4.78, 5) is 28.5. The van der Waals surface area contributed by atoms with E-state index in [1.165, 1.54) is 16.2 Å². The summed E-state index contributed by atoms with van der Waals surface area (Å²) in [5.74, 6) is -0.169. The first-order valence-electron chi connectivity index (χ1n) is 10.6. The highest BCUT2D eigenvalue weighted by Crippen LogP contribution is 2.41. The van der Waals surface area contributed by atoms with E-state index in [0.29, 0.717) is 21.9 Å². The van der Waals surface area contributed by atoms with Crippen LogP contribution in [0.2, 0.25) is 0 Å². The van der Waals surface area contributed by atoms with Crippen molar-refractivity contribution in [2.45, 2.75) is 32.5 Å². The van der Waals surface area contributed by atoms with E-state index in [1.807, 2.05) is 44.2 Å². The molecule has 2 heterocycles. The van der Waals surface area contributed by atoms with Crippen molar-refractivity contribution in [1.82, 2.24) is 4.90 Å². The van der Waals surface area contributed by atoms with Gasteiger partial charge in [-0.05, 0) is 60.7 Å². The number of carbonyl (C=O) groups is 2. The van der Waals surface area contributed by atoms with Crippen LogP contribution < -0.4 is 9.47 Å². The number of benzene rings is 2. The van der Waals surface area contributed by atoms with E-state index in [-0.39, 0.29) is 24.0 Å². The average Bonchev–Trinajstić information content (AvgIpc) is 3.42. The zero-order valence-electron chi connectivity index (χ0n) is 18.6. The van der Waals surface area contributed by atoms with Crippen molar-refractivity contribution in [3.8, 4) is 11.5 Å². The van der Waals surface area contributed by atoms with Gasteiger partial charge in [-0.1, -0.05) is 30.3 Å². The smallest absolute Gasteiger partial charge is 0.290 e. The predicted octanol–water partition coefficient (Wildman–Crippen LogP) is 5.32. The minimum absolute atomic E-state index is 0.0129. The first-order chi connectivity index (χ1) is 15.9. The maximum atomic E-state index is 13.3. The predicted molar refractivity (Wildman–Crippen MR) is 127 cm³/mol. The molecule has 1 aromatic heterocycles. The highest BCUT2D eigenvalue weighted by molar-refractivity contribution is 7.12. The SMILES string of the molecule is COc1cccc(C2C(C(=O)c3cccs3)=C(O)C(=O)N2Cc2cccc(OC(C)C)c2)c1. The van der Waals surface area contributed by atoms with Crippen LogP contribution >= 0.6 is 11.3 Å². The minimum Gasteiger partial charge on any atom is -0.503 e. The van der Waals surface area contributed by atoms with Gasteiger partial charge in [-0.15, -0.1) is 11.3 Å². The van der Waals surface area contributed by atoms with Crippen molar-refractivity contribution in [2.75, 3.05) is 7.11 Å². The second kappa shape index (κ2) is 9.50. The lowest BCUT2D eigenvalue weighted by molar-refractivity contribution is -0.130. The molecule has 3 aromatic rings. The molecule has 4 rings (SSSR count). The number of hydrogen-bond acceptors (Lipinski definition) is 6. The van der Waals surface area contributed by atoms with Crippen LogP contribution in [0.5, 0.6) is 11.5 Å². The summed E-state index contributed by atoms with van der Waals surface area (Å²) < 4.78 is 11.1. The molecule has 0 spiro atoms. The summed E-state index contributed by atoms with van der Waals surface area (Å²) in [6.07, 6.45) is 0.0129. The first-order valence-corrected chi connectivity index (χ1v) is 11.5. The van der Waals surface area contributed by atoms with Crippen LogP contribution in [0.1, 0.15) is 40.7 Å². The molecule has 1 N–H and O–H groups in total. The van der Waals surface area contributed by atoms with E-state index in [1.54, 1.807) is 42.8 Å². The number of aliphatic hydroxyl groups excluding tert-OH is 1. The lowest BCUT2D eigenvalue weighted by Gasteiger charge is -2.27. The van der Waals surface area contributed by atoms with Gasteiger partial charge >= 0.3 is 0 Å². The fraction of sp³-hybridized carbons (Fsp3) is 0.231. The van der Waals surface area contributed by atoms with Crippen LogP contribution in [-0.4, -0.2) is 34.9 Å². The average molecular weight is 464 g/mol. The normalized spacial score (nSPS) is 15.9. The van der Waals surface area contributed by atoms with Crippen molar-refractivity contribution >= 4 is 23.0 Å². The van der Waals surface area contributed by atoms with Crippen molar-refractivity contribution in [1.29, 1.82) is 0 Å². The van der Waals surface area contributed by atoms with E-state index in [4.69, 9.17) is 9.47 Å². The van der Waals surface area contributed by atoms with Gasteiger partial charge in [-0.3, -0.25) is 9.59 Å². The Labute approximate surface area is 196 Å². The number of carbonyl (C=O) groups excluding carboxylic acids is 2. The third-order valence-corrected chi connectivity index (χ3v) is 6.19. The second-order valence-corrected chi connectivity index (χ2v) is 8.94. The Balaban J connectivity index is 1.76. The van der Waals surface area contributed by atoms with Crippen LogP contribution in [0.15, 0.2) is 77.4 Å². The van der Waals surface area contributed by atoms with Crippen LogP contribution in [0, 0.1) is 0 Å². The van der Waals surface area contributed by atoms with Gasteiger partial charge in [0.1, 0.15) is 11.5 Å². The number of ether oxygens (including phenoxy) is 2. The molecule has 0 radical (unpaired) electrons. The molecule has 1 amide bonds. The molecule has 6 nitrogen and oxygen atoms in total. The summed E-state index contributed by atoms with van der Waals surface area (Å²) >= 11 is 1.27. The molecule has 2 aromatic carbocycles. The molecule has 7 heteroatoms. The van der Waals surface area contributed by atoms with Gasteiger partial charge in [-0.2, -0.15) is 0 Å². The van der Waals surface area contributed by atoms with Crippen molar-refractivity contribution < 1.29 is 24.2 Å². The van der Waals surface area contributed by atoms with Crippen molar-refractivity contribution in [2.24, 2.45) is 0 Å². The Kier molecular flexibility index (Phi) is 6.51. The second-order valence-electron chi connectivity index (χ2n) is 7.99. The number of thiophene rings is 1. The molecule has 0 bridgehead atoms. The summed E-state index contributed by atoms with van der Waals surface area (Å²) in [5.41, 5.74) is 1.58. The molecular weight excluding hydrogens is 438 g/mol. The third-order valence-electron chi connectivity index (χ3n) is 5.33. The van der Waals surface area contributed by atoms with Crippen LogP contribution in [0.3, 0.4) is 0 Å². The molecule has 1 aliphatic rings. The summed E-state index contributed by atoms with van der Waals surface area (Å²) in [6, 6.07) is 17.4. The van der Waals surface area contributed by atoms with Crippen LogP contribution in [0.4, 0.5) is 0 Å². The number of Topliss-reactive ketones (excluding diaryl/α,β-unsaturated/α-hetero) is 1. The number of rotatable bonds is 8. The number of nitrogens with zero attached hydrogens (tertiary/aromatic N) is 1. The Hall–Kier alpha value is -3.58. The molecule has 0 fully saturated rings. The molecule has 0 saturated carbocycles. The zero-order chi connectivity index (χ0) is 23.5. The van der Waals surface area contributed by atoms with Gasteiger partial charge in [0, 0.05) is 6.54 Å². The van der Waals surface area contributed by atoms with Crippen LogP contribution in [-0.2, 0) is 11.3 Å². The number of amides is 1. The van der Waals surface area contributed by atoms with Gasteiger partial charge < -0.3 is 19.5 Å². The monoisotopic (exact) mass is 463 g/mol. The molecule has 1 atom stereocenters. The van der Waals surface area contributed by atoms with Gasteiger partial charge in [0.15, 0.2) is 5.76 Å². The summed E-state index contributed by atoms with van der Waals surface area (Å²) in [5, 5.41) is 12.6. The molecule has 170 valence electrons. The molecule has 1 aliphatic heterocycles. The number of hydrogen-bond donors (Lipinski definition) is 1. The summed E-state index contributed by atoms with van der Waals surface area (Å²) in [6.45, 7) is 4.08.